The van der Waals surface area contributed by atoms with Gasteiger partial charge in [0.1, 0.15) is 6.04 Å². The van der Waals surface area contributed by atoms with Crippen molar-refractivity contribution < 1.29 is 13.6 Å². The largest absolute Gasteiger partial charge is 0.369 e. The van der Waals surface area contributed by atoms with E-state index in [1.807, 2.05) is 13.0 Å². The molecule has 6 heteroatoms. The number of alkyl halides is 2. The number of hydrogen-bond donors (Lipinski definition) is 2. The van der Waals surface area contributed by atoms with Gasteiger partial charge in [-0.1, -0.05) is 13.0 Å². The molecule has 1 aliphatic heterocycles. The minimum atomic E-state index is -2.39. The zero-order valence-electron chi connectivity index (χ0n) is 11.6. The van der Waals surface area contributed by atoms with Crippen molar-refractivity contribution in [1.29, 1.82) is 0 Å². The third-order valence-corrected chi connectivity index (χ3v) is 3.32. The van der Waals surface area contributed by atoms with E-state index in [2.05, 4.69) is 10.6 Å². The van der Waals surface area contributed by atoms with Crippen LogP contribution in [0.25, 0.3) is 0 Å². The highest BCUT2D eigenvalue weighted by Gasteiger charge is 2.30. The van der Waals surface area contributed by atoms with Gasteiger partial charge >= 0.3 is 0 Å². The van der Waals surface area contributed by atoms with Gasteiger partial charge in [-0.25, -0.2) is 8.78 Å². The maximum atomic E-state index is 12.4. The number of anilines is 2. The van der Waals surface area contributed by atoms with Crippen molar-refractivity contribution in [2.45, 2.75) is 25.8 Å². The number of hydrogen-bond acceptors (Lipinski definition) is 3. The second-order valence-electron chi connectivity index (χ2n) is 4.92. The molecule has 0 spiro atoms. The lowest BCUT2D eigenvalue weighted by Crippen LogP contribution is -2.28. The van der Waals surface area contributed by atoms with Gasteiger partial charge in [0.25, 0.3) is 6.43 Å². The molecule has 1 aliphatic rings. The number of nitrogens with zero attached hydrogens (tertiary/aromatic N) is 1. The van der Waals surface area contributed by atoms with Crippen molar-refractivity contribution in [1.82, 2.24) is 5.32 Å². The average Bonchev–Trinajstić information content (AvgIpc) is 2.70. The Balaban J connectivity index is 2.17. The average molecular weight is 283 g/mol. The van der Waals surface area contributed by atoms with Gasteiger partial charge in [-0.15, -0.1) is 0 Å². The number of rotatable bonds is 6. The monoisotopic (exact) mass is 283 g/mol. The first-order chi connectivity index (χ1) is 9.52. The standard InChI is InChI=1S/C14H19F2N3O/c1-3-6-17-13-10-5-4-9(19(2)8-12(15)16)7-11(10)18-14(13)20/h4-5,7,12-13,17H,3,6,8H2,1-2H3,(H,18,20). The van der Waals surface area contributed by atoms with Crippen molar-refractivity contribution in [2.75, 3.05) is 30.4 Å². The molecule has 110 valence electrons. The second-order valence-corrected chi connectivity index (χ2v) is 4.92. The molecule has 1 atom stereocenters. The SMILES string of the molecule is CCCNC1C(=O)Nc2cc(N(C)CC(F)F)ccc21. The number of carbonyl (C=O) groups is 1. The molecule has 0 aromatic heterocycles. The molecule has 4 nitrogen and oxygen atoms in total. The fourth-order valence-electron chi connectivity index (χ4n) is 2.29. The molecule has 1 heterocycles. The molecule has 1 aromatic rings. The van der Waals surface area contributed by atoms with E-state index in [-0.39, 0.29) is 18.5 Å². The van der Waals surface area contributed by atoms with Crippen molar-refractivity contribution in [2.24, 2.45) is 0 Å². The Morgan fingerprint density at radius 2 is 2.20 bits per heavy atom. The summed E-state index contributed by atoms with van der Waals surface area (Å²) in [6.07, 6.45) is -1.45. The van der Waals surface area contributed by atoms with Crippen molar-refractivity contribution >= 4 is 17.3 Å². The van der Waals surface area contributed by atoms with Crippen LogP contribution in [0.2, 0.25) is 0 Å². The van der Waals surface area contributed by atoms with Crippen molar-refractivity contribution in [3.8, 4) is 0 Å². The lowest BCUT2D eigenvalue weighted by Gasteiger charge is -2.19. The maximum absolute atomic E-state index is 12.4. The Bertz CT molecular complexity index is 493. The fraction of sp³-hybridized carbons (Fsp3) is 0.500. The quantitative estimate of drug-likeness (QED) is 0.842. The van der Waals surface area contributed by atoms with E-state index in [0.29, 0.717) is 11.4 Å². The lowest BCUT2D eigenvalue weighted by molar-refractivity contribution is -0.117. The van der Waals surface area contributed by atoms with Crippen LogP contribution >= 0.6 is 0 Å². The van der Waals surface area contributed by atoms with E-state index in [1.54, 1.807) is 19.2 Å². The molecule has 20 heavy (non-hydrogen) atoms. The van der Waals surface area contributed by atoms with Gasteiger partial charge in [0.05, 0.1) is 6.54 Å². The third kappa shape index (κ3) is 3.07. The Hall–Kier alpha value is -1.69. The third-order valence-electron chi connectivity index (χ3n) is 3.32. The van der Waals surface area contributed by atoms with Gasteiger partial charge in [-0.2, -0.15) is 0 Å². The molecule has 0 radical (unpaired) electrons. The summed E-state index contributed by atoms with van der Waals surface area (Å²) in [5.41, 5.74) is 2.24. The van der Waals surface area contributed by atoms with Crippen molar-refractivity contribution in [3.05, 3.63) is 23.8 Å². The highest BCUT2D eigenvalue weighted by Crippen LogP contribution is 2.33. The van der Waals surface area contributed by atoms with Gasteiger partial charge in [0.15, 0.2) is 0 Å². The number of amides is 1. The van der Waals surface area contributed by atoms with Gasteiger partial charge in [0, 0.05) is 24.0 Å². The minimum absolute atomic E-state index is 0.0953. The summed E-state index contributed by atoms with van der Waals surface area (Å²) >= 11 is 0. The Labute approximate surface area is 117 Å². The first kappa shape index (κ1) is 14.7. The molecule has 1 amide bonds. The van der Waals surface area contributed by atoms with Crippen LogP contribution in [0.15, 0.2) is 18.2 Å². The van der Waals surface area contributed by atoms with Crippen LogP contribution in [-0.2, 0) is 4.79 Å². The maximum Gasteiger partial charge on any atom is 0.255 e. The summed E-state index contributed by atoms with van der Waals surface area (Å²) in [5.74, 6) is -0.0953. The molecule has 0 saturated carbocycles. The molecule has 0 saturated heterocycles. The summed E-state index contributed by atoms with van der Waals surface area (Å²) in [5, 5.41) is 5.96. The zero-order valence-corrected chi connectivity index (χ0v) is 11.6. The van der Waals surface area contributed by atoms with Crippen LogP contribution in [0, 0.1) is 0 Å². The summed E-state index contributed by atoms with van der Waals surface area (Å²) in [7, 11) is 1.61. The number of halogens is 2. The fourth-order valence-corrected chi connectivity index (χ4v) is 2.29. The van der Waals surface area contributed by atoms with Gasteiger partial charge < -0.3 is 15.5 Å². The second kappa shape index (κ2) is 6.17. The van der Waals surface area contributed by atoms with Crippen molar-refractivity contribution in [3.63, 3.8) is 0 Å². The molecule has 2 N–H and O–H groups in total. The molecule has 2 rings (SSSR count). The van der Waals surface area contributed by atoms with Crippen LogP contribution in [0.1, 0.15) is 24.9 Å². The van der Waals surface area contributed by atoms with Crippen LogP contribution < -0.4 is 15.5 Å². The van der Waals surface area contributed by atoms with E-state index in [9.17, 15) is 13.6 Å². The van der Waals surface area contributed by atoms with Crippen LogP contribution in [0.4, 0.5) is 20.2 Å². The number of benzene rings is 1. The molecule has 0 aliphatic carbocycles. The van der Waals surface area contributed by atoms with Crippen LogP contribution in [0.5, 0.6) is 0 Å². The molecule has 0 fully saturated rings. The van der Waals surface area contributed by atoms with E-state index in [4.69, 9.17) is 0 Å². The molecule has 1 aromatic carbocycles. The summed E-state index contributed by atoms with van der Waals surface area (Å²) in [6.45, 7) is 2.46. The summed E-state index contributed by atoms with van der Waals surface area (Å²) < 4.78 is 24.8. The van der Waals surface area contributed by atoms with E-state index >= 15 is 0 Å². The highest BCUT2D eigenvalue weighted by molar-refractivity contribution is 6.03. The van der Waals surface area contributed by atoms with E-state index in [0.717, 1.165) is 18.5 Å². The Morgan fingerprint density at radius 1 is 1.45 bits per heavy atom. The lowest BCUT2D eigenvalue weighted by atomic mass is 10.1. The Kier molecular flexibility index (Phi) is 4.54. The summed E-state index contributed by atoms with van der Waals surface area (Å²) in [6, 6.07) is 4.97. The molecule has 1 unspecified atom stereocenters. The molecular weight excluding hydrogens is 264 g/mol. The van der Waals surface area contributed by atoms with Gasteiger partial charge in [-0.3, -0.25) is 4.79 Å². The normalized spacial score (nSPS) is 17.2. The zero-order chi connectivity index (χ0) is 14.7. The number of carbonyl (C=O) groups excluding carboxylic acids is 1. The molecule has 0 bridgehead atoms. The first-order valence-electron chi connectivity index (χ1n) is 6.70. The van der Waals surface area contributed by atoms with Crippen LogP contribution in [-0.4, -0.2) is 32.5 Å². The Morgan fingerprint density at radius 3 is 2.85 bits per heavy atom. The van der Waals surface area contributed by atoms with Gasteiger partial charge in [-0.05, 0) is 25.1 Å². The number of nitrogens with one attached hydrogen (secondary N) is 2. The van der Waals surface area contributed by atoms with E-state index < -0.39 is 6.43 Å². The predicted octanol–water partition coefficient (Wildman–Crippen LogP) is 2.38. The minimum Gasteiger partial charge on any atom is -0.369 e. The van der Waals surface area contributed by atoms with Crippen LogP contribution in [0.3, 0.4) is 0 Å². The van der Waals surface area contributed by atoms with E-state index in [1.165, 1.54) is 4.90 Å². The number of fused-ring (bicyclic) bond motifs is 1. The smallest absolute Gasteiger partial charge is 0.255 e. The predicted molar refractivity (Wildman–Crippen MR) is 75.4 cm³/mol. The summed E-state index contributed by atoms with van der Waals surface area (Å²) in [4.78, 5) is 13.4. The first-order valence-corrected chi connectivity index (χ1v) is 6.70. The molecular formula is C14H19F2N3O. The topological polar surface area (TPSA) is 44.4 Å². The highest BCUT2D eigenvalue weighted by atomic mass is 19.3. The van der Waals surface area contributed by atoms with Gasteiger partial charge in [0.2, 0.25) is 5.91 Å².